The average Bonchev–Trinajstić information content (AvgIpc) is 3.45. The molecule has 2 aliphatic heterocycles. The zero-order valence-electron chi connectivity index (χ0n) is 37.5. The fraction of sp³-hybridized carbons (Fsp3) is 0.692. The van der Waals surface area contributed by atoms with Crippen LogP contribution in [0.4, 0.5) is 0 Å². The van der Waals surface area contributed by atoms with Gasteiger partial charge in [-0.15, -0.1) is 0 Å². The number of aromatic nitrogens is 2. The molecule has 7 aliphatic rings. The Kier molecular flexibility index (Phi) is 9.55. The molecule has 4 saturated carbocycles. The standard InChI is InChI=1S/C52H70N2O6/c1-29-22-31(25-33(23-29)32-14-20-59-21-15-32)26-34-27-54(37-13-19-53-43(34)37)28-35-42-41(30(2)24-38(55)47-49(5,6)60-47)45(58)36-10-9-16-52(51(36,42)8)18-11-39-48(3,4)40(56)12-17-50(39,7)46(52)44(35)57/h13,19,22-23,25,27,30,32,35-36,38-39,44,46-47,53,55,57H,9-12,14-18,20-21,24,26,28H2,1-8H3/t30-,35-,36-,38-,39+,44-,46-,47-,50-,51+,52+/m1/s1. The smallest absolute Gasteiger partial charge is 0.163 e. The number of nitrogens with zero attached hydrogens (tertiary/aromatic N) is 1. The van der Waals surface area contributed by atoms with E-state index in [0.29, 0.717) is 31.1 Å². The summed E-state index contributed by atoms with van der Waals surface area (Å²) in [5.41, 5.74) is 7.82. The van der Waals surface area contributed by atoms with Gasteiger partial charge in [0.05, 0.1) is 28.8 Å². The van der Waals surface area contributed by atoms with E-state index in [0.717, 1.165) is 87.6 Å². The number of hydrogen-bond acceptors (Lipinski definition) is 6. The molecular formula is C52H70N2O6. The number of rotatable bonds is 9. The van der Waals surface area contributed by atoms with Crippen LogP contribution in [0.15, 0.2) is 47.8 Å². The van der Waals surface area contributed by atoms with Crippen molar-refractivity contribution in [3.05, 3.63) is 70.1 Å². The Morgan fingerprint density at radius 2 is 1.73 bits per heavy atom. The molecule has 3 aromatic rings. The number of nitrogens with one attached hydrogen (secondary N) is 1. The normalized spacial score (nSPS) is 38.1. The van der Waals surface area contributed by atoms with Crippen molar-refractivity contribution < 1.29 is 29.3 Å². The summed E-state index contributed by atoms with van der Waals surface area (Å²) in [6.07, 6.45) is 12.2. The van der Waals surface area contributed by atoms with Gasteiger partial charge in [-0.05, 0) is 141 Å². The van der Waals surface area contributed by atoms with Crippen LogP contribution in [0.5, 0.6) is 0 Å². The van der Waals surface area contributed by atoms with Crippen molar-refractivity contribution in [2.24, 2.45) is 51.2 Å². The second-order valence-corrected chi connectivity index (χ2v) is 22.5. The molecule has 11 atom stereocenters. The number of ketones is 2. The molecule has 5 aliphatic carbocycles. The van der Waals surface area contributed by atoms with Gasteiger partial charge in [0, 0.05) is 67.7 Å². The number of benzene rings is 1. The highest BCUT2D eigenvalue weighted by molar-refractivity contribution is 6.03. The molecule has 3 N–H and O–H groups in total. The number of aliphatic hydroxyl groups excluding tert-OH is 2. The van der Waals surface area contributed by atoms with Crippen molar-refractivity contribution in [2.45, 2.75) is 162 Å². The predicted molar refractivity (Wildman–Crippen MR) is 234 cm³/mol. The van der Waals surface area contributed by atoms with Gasteiger partial charge < -0.3 is 29.2 Å². The first-order valence-electron chi connectivity index (χ1n) is 23.6. The molecule has 60 heavy (non-hydrogen) atoms. The molecule has 10 rings (SSSR count). The van der Waals surface area contributed by atoms with Crippen molar-refractivity contribution >= 4 is 22.6 Å². The van der Waals surface area contributed by atoms with Gasteiger partial charge in [0.15, 0.2) is 5.78 Å². The fourth-order valence-corrected chi connectivity index (χ4v) is 16.0. The number of aryl methyl sites for hydroxylation is 1. The summed E-state index contributed by atoms with van der Waals surface area (Å²) in [6.45, 7) is 19.8. The lowest BCUT2D eigenvalue weighted by atomic mass is 9.31. The van der Waals surface area contributed by atoms with E-state index in [9.17, 15) is 15.0 Å². The summed E-state index contributed by atoms with van der Waals surface area (Å²) >= 11 is 0. The van der Waals surface area contributed by atoms with Gasteiger partial charge in [-0.2, -0.15) is 0 Å². The molecule has 1 aromatic carbocycles. The number of allylic oxidation sites excluding steroid dienone is 1. The number of fused-ring (bicyclic) bond motifs is 3. The van der Waals surface area contributed by atoms with E-state index in [1.807, 2.05) is 20.0 Å². The first-order valence-corrected chi connectivity index (χ1v) is 23.6. The van der Waals surface area contributed by atoms with E-state index in [1.54, 1.807) is 0 Å². The number of carbonyl (C=O) groups is 2. The minimum absolute atomic E-state index is 0.0426. The zero-order chi connectivity index (χ0) is 42.3. The van der Waals surface area contributed by atoms with Gasteiger partial charge in [-0.3, -0.25) is 9.59 Å². The maximum absolute atomic E-state index is 15.3. The highest BCUT2D eigenvalue weighted by Crippen LogP contribution is 2.79. The minimum Gasteiger partial charge on any atom is -0.392 e. The second-order valence-electron chi connectivity index (χ2n) is 22.5. The molecule has 2 saturated heterocycles. The van der Waals surface area contributed by atoms with Crippen LogP contribution in [-0.2, 0) is 32.0 Å². The molecule has 0 amide bonds. The lowest BCUT2D eigenvalue weighted by Gasteiger charge is -2.72. The van der Waals surface area contributed by atoms with Crippen LogP contribution in [0.25, 0.3) is 11.0 Å². The Balaban J connectivity index is 1.09. The number of ether oxygens (including phenoxy) is 2. The van der Waals surface area contributed by atoms with Gasteiger partial charge in [-0.1, -0.05) is 64.8 Å². The third-order valence-electron chi connectivity index (χ3n) is 18.7. The van der Waals surface area contributed by atoms with Crippen LogP contribution >= 0.6 is 0 Å². The van der Waals surface area contributed by atoms with Gasteiger partial charge in [0.25, 0.3) is 0 Å². The second kappa shape index (κ2) is 14.0. The molecule has 6 fully saturated rings. The molecule has 8 nitrogen and oxygen atoms in total. The summed E-state index contributed by atoms with van der Waals surface area (Å²) in [6, 6.07) is 9.26. The average molecular weight is 819 g/mol. The molecule has 0 radical (unpaired) electrons. The van der Waals surface area contributed by atoms with E-state index in [4.69, 9.17) is 9.47 Å². The van der Waals surface area contributed by atoms with Crippen molar-refractivity contribution in [2.75, 3.05) is 13.2 Å². The topological polar surface area (TPSA) is 117 Å². The molecule has 0 bridgehead atoms. The van der Waals surface area contributed by atoms with Crippen LogP contribution in [0.1, 0.15) is 141 Å². The predicted octanol–water partition coefficient (Wildman–Crippen LogP) is 9.41. The first kappa shape index (κ1) is 41.0. The summed E-state index contributed by atoms with van der Waals surface area (Å²) < 4.78 is 14.0. The van der Waals surface area contributed by atoms with Crippen LogP contribution in [-0.4, -0.2) is 68.5 Å². The van der Waals surface area contributed by atoms with Gasteiger partial charge in [0.2, 0.25) is 0 Å². The SMILES string of the molecule is Cc1cc(Cc2cn(C[C@@H]3C4=C([C@H](C)C[C@@H](O)[C@H]5OC5(C)C)C(=O)[C@H]5CCC[C@@]6(CC[C@H]7C(C)(C)C(=O)CC[C@@]7(C)[C@H]6[C@@H]3O)[C@]45C)c3cc[nH]c23)cc(C2CCOCC2)c1. The Hall–Kier alpha value is -3.04. The van der Waals surface area contributed by atoms with Crippen LogP contribution in [0.2, 0.25) is 0 Å². The lowest BCUT2D eigenvalue weighted by Crippen LogP contribution is -2.70. The number of aromatic amines is 1. The molecule has 324 valence electrons. The van der Waals surface area contributed by atoms with E-state index >= 15 is 4.79 Å². The maximum Gasteiger partial charge on any atom is 0.163 e. The molecule has 1 spiro atoms. The first-order chi connectivity index (χ1) is 28.4. The fourth-order valence-electron chi connectivity index (χ4n) is 16.0. The van der Waals surface area contributed by atoms with Crippen molar-refractivity contribution in [1.29, 1.82) is 0 Å². The third kappa shape index (κ3) is 5.81. The highest BCUT2D eigenvalue weighted by Gasteiger charge is 2.76. The van der Waals surface area contributed by atoms with Crippen molar-refractivity contribution in [1.82, 2.24) is 9.55 Å². The number of epoxide rings is 1. The lowest BCUT2D eigenvalue weighted by molar-refractivity contribution is -0.243. The summed E-state index contributed by atoms with van der Waals surface area (Å²) in [5.74, 6) is 0.656. The molecule has 0 unspecified atom stereocenters. The third-order valence-corrected chi connectivity index (χ3v) is 18.7. The van der Waals surface area contributed by atoms with Crippen LogP contribution < -0.4 is 0 Å². The summed E-state index contributed by atoms with van der Waals surface area (Å²) in [7, 11) is 0. The molecule has 8 heteroatoms. The Labute approximate surface area is 357 Å². The molecule has 4 heterocycles. The Bertz CT molecular complexity index is 2250. The van der Waals surface area contributed by atoms with Crippen molar-refractivity contribution in [3.63, 3.8) is 0 Å². The van der Waals surface area contributed by atoms with E-state index < -0.39 is 23.0 Å². The quantitative estimate of drug-likeness (QED) is 0.185. The number of H-pyrrole nitrogens is 1. The Morgan fingerprint density at radius 1 is 0.983 bits per heavy atom. The molecule has 2 aromatic heterocycles. The monoisotopic (exact) mass is 819 g/mol. The summed E-state index contributed by atoms with van der Waals surface area (Å²) in [5, 5.41) is 25.1. The number of Topliss-reactive ketones (excluding diaryl/α,β-unsaturated/α-hetero) is 2. The van der Waals surface area contributed by atoms with Gasteiger partial charge in [0.1, 0.15) is 11.9 Å². The van der Waals surface area contributed by atoms with E-state index in [-0.39, 0.29) is 57.9 Å². The summed E-state index contributed by atoms with van der Waals surface area (Å²) in [4.78, 5) is 32.6. The number of aliphatic hydroxyl groups is 2. The van der Waals surface area contributed by atoms with Gasteiger partial charge in [-0.25, -0.2) is 0 Å². The number of hydrogen-bond donors (Lipinski definition) is 3. The molecular weight excluding hydrogens is 749 g/mol. The Morgan fingerprint density at radius 3 is 2.47 bits per heavy atom. The maximum atomic E-state index is 15.3. The highest BCUT2D eigenvalue weighted by atomic mass is 16.6. The van der Waals surface area contributed by atoms with Crippen LogP contribution in [0.3, 0.4) is 0 Å². The van der Waals surface area contributed by atoms with E-state index in [1.165, 1.54) is 27.8 Å². The number of carbonyl (C=O) groups excluding carboxylic acids is 2. The zero-order valence-corrected chi connectivity index (χ0v) is 37.5. The van der Waals surface area contributed by atoms with Gasteiger partial charge >= 0.3 is 0 Å². The van der Waals surface area contributed by atoms with Crippen LogP contribution in [0, 0.1) is 58.2 Å². The largest absolute Gasteiger partial charge is 0.392 e. The van der Waals surface area contributed by atoms with E-state index in [2.05, 4.69) is 81.6 Å². The van der Waals surface area contributed by atoms with Crippen molar-refractivity contribution in [3.8, 4) is 0 Å². The minimum atomic E-state index is -0.689.